The fourth-order valence-electron chi connectivity index (χ4n) is 1.18. The molecule has 86 valence electrons. The van der Waals surface area contributed by atoms with Gasteiger partial charge in [-0.3, -0.25) is 10.1 Å². The van der Waals surface area contributed by atoms with Crippen LogP contribution in [0.25, 0.3) is 0 Å². The van der Waals surface area contributed by atoms with Crippen molar-refractivity contribution < 1.29 is 9.66 Å². The molecule has 1 aliphatic rings. The predicted octanol–water partition coefficient (Wildman–Crippen LogP) is 2.75. The smallest absolute Gasteiger partial charge is 0.271 e. The molecule has 1 aromatic carbocycles. The van der Waals surface area contributed by atoms with Gasteiger partial charge in [0, 0.05) is 12.1 Å². The average Bonchev–Trinajstić information content (AvgIpc) is 2.30. The zero-order valence-electron chi connectivity index (χ0n) is 9.02. The molecule has 0 saturated carbocycles. The third kappa shape index (κ3) is 2.66. The van der Waals surface area contributed by atoms with Crippen molar-refractivity contribution in [2.24, 2.45) is 0 Å². The zero-order valence-corrected chi connectivity index (χ0v) is 9.84. The Labute approximate surface area is 98.6 Å². The Bertz CT molecular complexity index is 421. The number of anilines is 1. The van der Waals surface area contributed by atoms with Crippen molar-refractivity contribution in [1.29, 1.82) is 0 Å². The Hall–Kier alpha value is -1.69. The van der Waals surface area contributed by atoms with Crippen LogP contribution in [0.15, 0.2) is 18.2 Å². The predicted molar refractivity (Wildman–Crippen MR) is 66.2 cm³/mol. The van der Waals surface area contributed by atoms with Gasteiger partial charge >= 0.3 is 0 Å². The van der Waals surface area contributed by atoms with E-state index in [1.165, 1.54) is 12.1 Å². The second kappa shape index (κ2) is 5.41. The number of hydrogen-bond acceptors (Lipinski definition) is 4. The van der Waals surface area contributed by atoms with Gasteiger partial charge in [-0.15, -0.1) is 0 Å². The molecule has 1 aromatic rings. The molecule has 1 aliphatic heterocycles. The number of thiocarbonyl (C=S) groups is 1. The number of ether oxygens (including phenoxy) is 1. The second-order valence-electron chi connectivity index (χ2n) is 2.77. The Balaban J connectivity index is 0.000000606. The van der Waals surface area contributed by atoms with Crippen molar-refractivity contribution in [1.82, 2.24) is 0 Å². The topological polar surface area (TPSA) is 64.4 Å². The van der Waals surface area contributed by atoms with Gasteiger partial charge in [0.15, 0.2) is 0 Å². The quantitative estimate of drug-likeness (QED) is 0.464. The summed E-state index contributed by atoms with van der Waals surface area (Å²) in [7, 11) is 0. The summed E-state index contributed by atoms with van der Waals surface area (Å²) < 4.78 is 5.24. The fraction of sp³-hybridized carbons (Fsp3) is 0.300. The summed E-state index contributed by atoms with van der Waals surface area (Å²) in [5.74, 6) is 0.587. The normalized spacial score (nSPS) is 12.5. The number of rotatable bonds is 1. The van der Waals surface area contributed by atoms with Gasteiger partial charge in [-0.1, -0.05) is 26.1 Å². The number of nitrogens with zero attached hydrogens (tertiary/aromatic N) is 1. The van der Waals surface area contributed by atoms with Crippen molar-refractivity contribution >= 4 is 28.6 Å². The Morgan fingerprint density at radius 2 is 2.19 bits per heavy atom. The molecule has 16 heavy (non-hydrogen) atoms. The lowest BCUT2D eigenvalue weighted by molar-refractivity contribution is -0.384. The van der Waals surface area contributed by atoms with Crippen LogP contribution in [-0.4, -0.2) is 16.5 Å². The summed E-state index contributed by atoms with van der Waals surface area (Å²) in [6, 6.07) is 4.36. The number of benzene rings is 1. The van der Waals surface area contributed by atoms with Crippen molar-refractivity contribution in [2.45, 2.75) is 13.8 Å². The Morgan fingerprint density at radius 1 is 1.50 bits per heavy atom. The number of fused-ring (bicyclic) bond motifs is 1. The van der Waals surface area contributed by atoms with E-state index in [2.05, 4.69) is 5.32 Å². The van der Waals surface area contributed by atoms with Crippen LogP contribution >= 0.6 is 12.2 Å². The van der Waals surface area contributed by atoms with Crippen molar-refractivity contribution in [2.75, 3.05) is 11.9 Å². The van der Waals surface area contributed by atoms with E-state index in [0.29, 0.717) is 23.0 Å². The van der Waals surface area contributed by atoms with E-state index >= 15 is 0 Å². The molecule has 0 radical (unpaired) electrons. The first-order valence-corrected chi connectivity index (χ1v) is 5.29. The summed E-state index contributed by atoms with van der Waals surface area (Å²) >= 11 is 4.88. The van der Waals surface area contributed by atoms with Gasteiger partial charge in [0.25, 0.3) is 5.69 Å². The third-order valence-electron chi connectivity index (χ3n) is 1.81. The maximum atomic E-state index is 10.5. The van der Waals surface area contributed by atoms with Crippen LogP contribution < -0.4 is 10.1 Å². The summed E-state index contributed by atoms with van der Waals surface area (Å²) in [5, 5.41) is 13.3. The fourth-order valence-corrected chi connectivity index (χ4v) is 1.35. The van der Waals surface area contributed by atoms with Crippen LogP contribution in [0.4, 0.5) is 11.4 Å². The van der Waals surface area contributed by atoms with Gasteiger partial charge in [-0.05, 0) is 6.07 Å². The SMILES string of the molecule is CC.O=[N+]([O-])c1ccc2c(c1)NC(=S)CO2. The molecule has 0 aromatic heterocycles. The average molecular weight is 240 g/mol. The molecule has 0 saturated heterocycles. The van der Waals surface area contributed by atoms with E-state index in [-0.39, 0.29) is 5.69 Å². The molecule has 0 unspecified atom stereocenters. The first-order valence-electron chi connectivity index (χ1n) is 4.88. The molecule has 0 amide bonds. The first-order chi connectivity index (χ1) is 7.66. The number of hydrogen-bond donors (Lipinski definition) is 1. The molecule has 0 spiro atoms. The monoisotopic (exact) mass is 240 g/mol. The standard InChI is InChI=1S/C8H6N2O3S.C2H6/c11-10(12)5-1-2-7-6(3-5)9-8(14)4-13-7;1-2/h1-3H,4H2,(H,9,14);1-2H3. The lowest BCUT2D eigenvalue weighted by Gasteiger charge is -2.18. The number of non-ortho nitro benzene ring substituents is 1. The number of nitro groups is 1. The Kier molecular flexibility index (Phi) is 4.19. The van der Waals surface area contributed by atoms with E-state index in [1.807, 2.05) is 13.8 Å². The molecule has 0 aliphatic carbocycles. The van der Waals surface area contributed by atoms with Crippen LogP contribution in [0, 0.1) is 10.1 Å². The van der Waals surface area contributed by atoms with Gasteiger partial charge in [0.2, 0.25) is 0 Å². The third-order valence-corrected chi connectivity index (χ3v) is 2.03. The maximum Gasteiger partial charge on any atom is 0.271 e. The van der Waals surface area contributed by atoms with Crippen LogP contribution in [0.1, 0.15) is 13.8 Å². The largest absolute Gasteiger partial charge is 0.484 e. The molecular weight excluding hydrogens is 228 g/mol. The number of nitrogens with one attached hydrogen (secondary N) is 1. The van der Waals surface area contributed by atoms with E-state index in [4.69, 9.17) is 17.0 Å². The van der Waals surface area contributed by atoms with E-state index < -0.39 is 4.92 Å². The van der Waals surface area contributed by atoms with Gasteiger partial charge in [-0.25, -0.2) is 0 Å². The molecule has 6 heteroatoms. The van der Waals surface area contributed by atoms with Gasteiger partial charge in [-0.2, -0.15) is 0 Å². The lowest BCUT2D eigenvalue weighted by atomic mass is 10.2. The van der Waals surface area contributed by atoms with Gasteiger partial charge < -0.3 is 10.1 Å². The van der Waals surface area contributed by atoms with Crippen molar-refractivity contribution in [3.63, 3.8) is 0 Å². The van der Waals surface area contributed by atoms with E-state index in [9.17, 15) is 10.1 Å². The highest BCUT2D eigenvalue weighted by Gasteiger charge is 2.16. The summed E-state index contributed by atoms with van der Waals surface area (Å²) in [4.78, 5) is 10.5. The van der Waals surface area contributed by atoms with Crippen LogP contribution in [0.2, 0.25) is 0 Å². The van der Waals surface area contributed by atoms with E-state index in [1.54, 1.807) is 6.07 Å². The highest BCUT2D eigenvalue weighted by atomic mass is 32.1. The summed E-state index contributed by atoms with van der Waals surface area (Å²) in [5.41, 5.74) is 0.569. The van der Waals surface area contributed by atoms with Crippen LogP contribution in [0.3, 0.4) is 0 Å². The first kappa shape index (κ1) is 12.4. The summed E-state index contributed by atoms with van der Waals surface area (Å²) in [6.45, 7) is 4.32. The van der Waals surface area contributed by atoms with E-state index in [0.717, 1.165) is 0 Å². The molecule has 5 nitrogen and oxygen atoms in total. The maximum absolute atomic E-state index is 10.5. The molecule has 2 rings (SSSR count). The minimum atomic E-state index is -0.459. The molecule has 0 fully saturated rings. The van der Waals surface area contributed by atoms with Gasteiger partial charge in [0.1, 0.15) is 17.3 Å². The Morgan fingerprint density at radius 3 is 2.81 bits per heavy atom. The molecule has 0 atom stereocenters. The van der Waals surface area contributed by atoms with Crippen LogP contribution in [0.5, 0.6) is 5.75 Å². The zero-order chi connectivity index (χ0) is 12.1. The van der Waals surface area contributed by atoms with Gasteiger partial charge in [0.05, 0.1) is 10.6 Å². The molecule has 0 bridgehead atoms. The lowest BCUT2D eigenvalue weighted by Crippen LogP contribution is -2.23. The summed E-state index contributed by atoms with van der Waals surface area (Å²) in [6.07, 6.45) is 0. The number of nitro benzene ring substituents is 1. The van der Waals surface area contributed by atoms with Crippen molar-refractivity contribution in [3.8, 4) is 5.75 Å². The van der Waals surface area contributed by atoms with Crippen LogP contribution in [-0.2, 0) is 0 Å². The van der Waals surface area contributed by atoms with Crippen molar-refractivity contribution in [3.05, 3.63) is 28.3 Å². The minimum Gasteiger partial charge on any atom is -0.484 e. The highest BCUT2D eigenvalue weighted by molar-refractivity contribution is 7.80. The second-order valence-corrected chi connectivity index (χ2v) is 3.27. The molecule has 1 N–H and O–H groups in total. The molecule has 1 heterocycles. The molecular formula is C10H12N2O3S. The highest BCUT2D eigenvalue weighted by Crippen LogP contribution is 2.31. The minimum absolute atomic E-state index is 0.0181.